The highest BCUT2D eigenvalue weighted by molar-refractivity contribution is 5.67. The molecule has 6 heteroatoms. The first-order chi connectivity index (χ1) is 14.7. The summed E-state index contributed by atoms with van der Waals surface area (Å²) in [7, 11) is 0. The van der Waals surface area contributed by atoms with E-state index < -0.39 is 0 Å². The van der Waals surface area contributed by atoms with Crippen molar-refractivity contribution in [3.63, 3.8) is 0 Å². The van der Waals surface area contributed by atoms with Crippen molar-refractivity contribution in [2.24, 2.45) is 0 Å². The topological polar surface area (TPSA) is 93.9 Å². The predicted molar refractivity (Wildman–Crippen MR) is 118 cm³/mol. The third-order valence-electron chi connectivity index (χ3n) is 5.49. The molecule has 152 valence electrons. The van der Waals surface area contributed by atoms with Crippen LogP contribution in [0.15, 0.2) is 60.8 Å². The molecule has 0 bridgehead atoms. The smallest absolute Gasteiger partial charge is 0.224 e. The van der Waals surface area contributed by atoms with Gasteiger partial charge in [-0.3, -0.25) is 0 Å². The van der Waals surface area contributed by atoms with E-state index in [1.165, 1.54) is 5.56 Å². The summed E-state index contributed by atoms with van der Waals surface area (Å²) in [5.74, 6) is 1.03. The van der Waals surface area contributed by atoms with Crippen molar-refractivity contribution in [2.75, 3.05) is 10.6 Å². The fraction of sp³-hybridized carbons (Fsp3) is 0.292. The number of nitrogens with one attached hydrogen (secondary N) is 2. The molecule has 0 radical (unpaired) electrons. The van der Waals surface area contributed by atoms with Crippen LogP contribution in [0.2, 0.25) is 0 Å². The molecule has 3 aromatic rings. The van der Waals surface area contributed by atoms with Gasteiger partial charge in [-0.1, -0.05) is 54.6 Å². The highest BCUT2D eigenvalue weighted by atomic mass is 16.3. The van der Waals surface area contributed by atoms with Gasteiger partial charge in [-0.15, -0.1) is 0 Å². The Balaban J connectivity index is 1.49. The van der Waals surface area contributed by atoms with Crippen LogP contribution in [0.3, 0.4) is 0 Å². The number of rotatable bonds is 6. The first-order valence-corrected chi connectivity index (χ1v) is 10.3. The molecule has 0 amide bonds. The number of hydrogen-bond donors (Lipinski definition) is 3. The zero-order valence-corrected chi connectivity index (χ0v) is 16.8. The second-order valence-corrected chi connectivity index (χ2v) is 7.59. The average molecular weight is 399 g/mol. The summed E-state index contributed by atoms with van der Waals surface area (Å²) < 4.78 is 0. The highest BCUT2D eigenvalue weighted by Crippen LogP contribution is 2.25. The molecule has 0 unspecified atom stereocenters. The molecular weight excluding hydrogens is 374 g/mol. The summed E-state index contributed by atoms with van der Waals surface area (Å²) in [6.45, 7) is 0.575. The van der Waals surface area contributed by atoms with Gasteiger partial charge in [0.05, 0.1) is 12.3 Å². The van der Waals surface area contributed by atoms with Gasteiger partial charge in [0.2, 0.25) is 5.95 Å². The van der Waals surface area contributed by atoms with Crippen LogP contribution < -0.4 is 10.6 Å². The standard InChI is InChI=1S/C24H25N5O/c25-14-19-16-27-24(29-23(19)28-20-10-12-21(30)13-11-20)26-15-18-8-4-5-9-22(18)17-6-2-1-3-7-17/h1-9,16,20-21,30H,10-13,15H2,(H2,26,27,28,29)/t20-,21+. The molecule has 30 heavy (non-hydrogen) atoms. The van der Waals surface area contributed by atoms with Crippen LogP contribution in [-0.4, -0.2) is 27.2 Å². The number of aromatic nitrogens is 2. The Labute approximate surface area is 176 Å². The van der Waals surface area contributed by atoms with Gasteiger partial charge in [0.25, 0.3) is 0 Å². The monoisotopic (exact) mass is 399 g/mol. The normalized spacial score (nSPS) is 18.4. The second-order valence-electron chi connectivity index (χ2n) is 7.59. The van der Waals surface area contributed by atoms with Crippen molar-refractivity contribution in [2.45, 2.75) is 44.4 Å². The molecule has 0 spiro atoms. The second kappa shape index (κ2) is 9.38. The first-order valence-electron chi connectivity index (χ1n) is 10.3. The SMILES string of the molecule is N#Cc1cnc(NCc2ccccc2-c2ccccc2)nc1N[C@H]1CC[C@@H](O)CC1. The van der Waals surface area contributed by atoms with Gasteiger partial charge in [0.1, 0.15) is 17.5 Å². The van der Waals surface area contributed by atoms with Gasteiger partial charge < -0.3 is 15.7 Å². The van der Waals surface area contributed by atoms with Crippen LogP contribution in [0.1, 0.15) is 36.8 Å². The molecule has 1 heterocycles. The lowest BCUT2D eigenvalue weighted by Crippen LogP contribution is -2.29. The maximum absolute atomic E-state index is 9.71. The minimum Gasteiger partial charge on any atom is -0.393 e. The van der Waals surface area contributed by atoms with E-state index in [4.69, 9.17) is 0 Å². The van der Waals surface area contributed by atoms with E-state index in [0.29, 0.717) is 23.9 Å². The summed E-state index contributed by atoms with van der Waals surface area (Å²) in [6, 6.07) is 20.9. The van der Waals surface area contributed by atoms with Gasteiger partial charge in [-0.05, 0) is 42.4 Å². The molecular formula is C24H25N5O. The van der Waals surface area contributed by atoms with E-state index in [0.717, 1.165) is 36.8 Å². The minimum atomic E-state index is -0.217. The fourth-order valence-corrected chi connectivity index (χ4v) is 3.82. The molecule has 1 aliphatic rings. The van der Waals surface area contributed by atoms with Crippen LogP contribution in [0.4, 0.5) is 11.8 Å². The van der Waals surface area contributed by atoms with Crippen LogP contribution >= 0.6 is 0 Å². The number of nitrogens with zero attached hydrogens (tertiary/aromatic N) is 3. The summed E-state index contributed by atoms with van der Waals surface area (Å²) >= 11 is 0. The fourth-order valence-electron chi connectivity index (χ4n) is 3.82. The Morgan fingerprint density at radius 2 is 1.73 bits per heavy atom. The number of aliphatic hydroxyl groups excluding tert-OH is 1. The number of benzene rings is 2. The molecule has 2 aromatic carbocycles. The zero-order chi connectivity index (χ0) is 20.8. The minimum absolute atomic E-state index is 0.210. The number of nitriles is 1. The Morgan fingerprint density at radius 3 is 2.50 bits per heavy atom. The third-order valence-corrected chi connectivity index (χ3v) is 5.49. The van der Waals surface area contributed by atoms with Gasteiger partial charge in [-0.2, -0.15) is 10.2 Å². The van der Waals surface area contributed by atoms with Crippen LogP contribution in [-0.2, 0) is 6.54 Å². The molecule has 0 atom stereocenters. The van der Waals surface area contributed by atoms with E-state index in [2.05, 4.69) is 50.9 Å². The lowest BCUT2D eigenvalue weighted by Gasteiger charge is -2.26. The molecule has 4 rings (SSSR count). The van der Waals surface area contributed by atoms with Gasteiger partial charge in [-0.25, -0.2) is 4.98 Å². The van der Waals surface area contributed by atoms with Gasteiger partial charge in [0.15, 0.2) is 0 Å². The zero-order valence-electron chi connectivity index (χ0n) is 16.8. The van der Waals surface area contributed by atoms with E-state index in [1.807, 2.05) is 30.3 Å². The van der Waals surface area contributed by atoms with Gasteiger partial charge in [0, 0.05) is 12.6 Å². The van der Waals surface area contributed by atoms with Gasteiger partial charge >= 0.3 is 0 Å². The number of aliphatic hydroxyl groups is 1. The number of hydrogen-bond acceptors (Lipinski definition) is 6. The van der Waals surface area contributed by atoms with Crippen molar-refractivity contribution < 1.29 is 5.11 Å². The van der Waals surface area contributed by atoms with Crippen molar-refractivity contribution in [3.05, 3.63) is 71.9 Å². The summed E-state index contributed by atoms with van der Waals surface area (Å²) in [5, 5.41) is 25.8. The largest absolute Gasteiger partial charge is 0.393 e. The first kappa shape index (κ1) is 19.9. The molecule has 0 aliphatic heterocycles. The maximum Gasteiger partial charge on any atom is 0.224 e. The summed E-state index contributed by atoms with van der Waals surface area (Å²) in [6.07, 6.45) is 4.61. The van der Waals surface area contributed by atoms with E-state index in [9.17, 15) is 10.4 Å². The van der Waals surface area contributed by atoms with Crippen molar-refractivity contribution in [3.8, 4) is 17.2 Å². The predicted octanol–water partition coefficient (Wildman–Crippen LogP) is 4.34. The average Bonchev–Trinajstić information content (AvgIpc) is 2.80. The Hall–Kier alpha value is -3.43. The van der Waals surface area contributed by atoms with Crippen molar-refractivity contribution in [1.29, 1.82) is 5.26 Å². The lowest BCUT2D eigenvalue weighted by molar-refractivity contribution is 0.126. The van der Waals surface area contributed by atoms with Crippen LogP contribution in [0.25, 0.3) is 11.1 Å². The molecule has 1 fully saturated rings. The van der Waals surface area contributed by atoms with Crippen LogP contribution in [0.5, 0.6) is 0 Å². The van der Waals surface area contributed by atoms with Crippen LogP contribution in [0, 0.1) is 11.3 Å². The molecule has 3 N–H and O–H groups in total. The molecule has 0 saturated heterocycles. The number of anilines is 2. The van der Waals surface area contributed by atoms with E-state index in [1.54, 1.807) is 6.20 Å². The third kappa shape index (κ3) is 4.76. The quantitative estimate of drug-likeness (QED) is 0.571. The molecule has 6 nitrogen and oxygen atoms in total. The van der Waals surface area contributed by atoms with Crippen molar-refractivity contribution in [1.82, 2.24) is 9.97 Å². The van der Waals surface area contributed by atoms with Crippen molar-refractivity contribution >= 4 is 11.8 Å². The molecule has 1 aromatic heterocycles. The summed E-state index contributed by atoms with van der Waals surface area (Å²) in [4.78, 5) is 8.86. The summed E-state index contributed by atoms with van der Waals surface area (Å²) in [5.41, 5.74) is 3.90. The Bertz CT molecular complexity index is 1020. The highest BCUT2D eigenvalue weighted by Gasteiger charge is 2.21. The van der Waals surface area contributed by atoms with E-state index in [-0.39, 0.29) is 12.1 Å². The molecule has 1 aliphatic carbocycles. The molecule has 1 saturated carbocycles. The van der Waals surface area contributed by atoms with E-state index >= 15 is 0 Å². The Kier molecular flexibility index (Phi) is 6.21. The maximum atomic E-state index is 9.71. The lowest BCUT2D eigenvalue weighted by atomic mass is 9.93. The Morgan fingerprint density at radius 1 is 1.00 bits per heavy atom.